The quantitative estimate of drug-likeness (QED) is 0.695. The molecule has 0 saturated heterocycles. The Kier molecular flexibility index (Phi) is 7.11. The third-order valence-corrected chi connectivity index (χ3v) is 5.14. The molecular weight excluding hydrogens is 370 g/mol. The van der Waals surface area contributed by atoms with E-state index in [0.29, 0.717) is 16.9 Å². The van der Waals surface area contributed by atoms with Gasteiger partial charge in [-0.05, 0) is 55.0 Å². The molecule has 1 aliphatic rings. The van der Waals surface area contributed by atoms with Crippen LogP contribution < -0.4 is 10.1 Å². The number of ether oxygens (including phenoxy) is 2. The number of hydrogen-bond acceptors (Lipinski definition) is 5. The van der Waals surface area contributed by atoms with Crippen LogP contribution in [0.15, 0.2) is 42.5 Å². The number of aromatic hydroxyl groups is 1. The largest absolute Gasteiger partial charge is 0.504 e. The van der Waals surface area contributed by atoms with Gasteiger partial charge in [-0.1, -0.05) is 30.7 Å². The van der Waals surface area contributed by atoms with Crippen LogP contribution in [-0.4, -0.2) is 30.2 Å². The highest BCUT2D eigenvalue weighted by molar-refractivity contribution is 5.96. The van der Waals surface area contributed by atoms with Crippen molar-refractivity contribution < 1.29 is 24.2 Å². The summed E-state index contributed by atoms with van der Waals surface area (Å²) in [6, 6.07) is 12.0. The highest BCUT2D eigenvalue weighted by atomic mass is 16.5. The molecule has 0 heterocycles. The summed E-state index contributed by atoms with van der Waals surface area (Å²) in [5.74, 6) is -0.162. The predicted molar refractivity (Wildman–Crippen MR) is 109 cm³/mol. The Hall–Kier alpha value is -3.02. The maximum atomic E-state index is 12.7. The number of amides is 1. The van der Waals surface area contributed by atoms with Gasteiger partial charge in [-0.3, -0.25) is 9.59 Å². The van der Waals surface area contributed by atoms with Crippen molar-refractivity contribution in [3.8, 4) is 11.5 Å². The van der Waals surface area contributed by atoms with Gasteiger partial charge in [0.1, 0.15) is 6.10 Å². The van der Waals surface area contributed by atoms with Gasteiger partial charge >= 0.3 is 5.97 Å². The first kappa shape index (κ1) is 20.7. The standard InChI is InChI=1S/C23H27NO5/c1-28-21-13-16(11-12-20(21)25)15-24-23(27)19-10-6-5-7-17(19)14-22(26)29-18-8-3-2-4-9-18/h5-7,10-13,18,25H,2-4,8-9,14-15H2,1H3,(H,24,27). The molecule has 0 unspecified atom stereocenters. The van der Waals surface area contributed by atoms with Crippen molar-refractivity contribution in [1.82, 2.24) is 5.32 Å². The fourth-order valence-electron chi connectivity index (χ4n) is 3.57. The van der Waals surface area contributed by atoms with E-state index in [9.17, 15) is 14.7 Å². The molecule has 0 aromatic heterocycles. The first-order valence-corrected chi connectivity index (χ1v) is 9.98. The number of benzene rings is 2. The average Bonchev–Trinajstić information content (AvgIpc) is 2.74. The Morgan fingerprint density at radius 2 is 1.86 bits per heavy atom. The number of rotatable bonds is 7. The summed E-state index contributed by atoms with van der Waals surface area (Å²) in [5.41, 5.74) is 1.90. The molecule has 29 heavy (non-hydrogen) atoms. The van der Waals surface area contributed by atoms with Crippen LogP contribution >= 0.6 is 0 Å². The van der Waals surface area contributed by atoms with Crippen molar-refractivity contribution >= 4 is 11.9 Å². The molecule has 1 fully saturated rings. The number of carbonyl (C=O) groups excluding carboxylic acids is 2. The Bertz CT molecular complexity index is 858. The monoisotopic (exact) mass is 397 g/mol. The molecule has 0 aliphatic heterocycles. The van der Waals surface area contributed by atoms with Crippen LogP contribution in [0.5, 0.6) is 11.5 Å². The van der Waals surface area contributed by atoms with Gasteiger partial charge in [-0.15, -0.1) is 0 Å². The minimum atomic E-state index is -0.291. The molecule has 0 spiro atoms. The highest BCUT2D eigenvalue weighted by Gasteiger charge is 2.20. The fraction of sp³-hybridized carbons (Fsp3) is 0.391. The van der Waals surface area contributed by atoms with Crippen molar-refractivity contribution in [3.63, 3.8) is 0 Å². The fourth-order valence-corrected chi connectivity index (χ4v) is 3.57. The third-order valence-electron chi connectivity index (χ3n) is 5.14. The van der Waals surface area contributed by atoms with Crippen molar-refractivity contribution in [1.29, 1.82) is 0 Å². The predicted octanol–water partition coefficient (Wildman–Crippen LogP) is 3.75. The Morgan fingerprint density at radius 1 is 1.10 bits per heavy atom. The van der Waals surface area contributed by atoms with Crippen LogP contribution in [0.4, 0.5) is 0 Å². The summed E-state index contributed by atoms with van der Waals surface area (Å²) in [5, 5.41) is 12.5. The zero-order valence-corrected chi connectivity index (χ0v) is 16.6. The maximum Gasteiger partial charge on any atom is 0.310 e. The van der Waals surface area contributed by atoms with Gasteiger partial charge in [0.2, 0.25) is 0 Å². The summed E-state index contributed by atoms with van der Waals surface area (Å²) >= 11 is 0. The molecule has 1 amide bonds. The van der Waals surface area contributed by atoms with E-state index in [-0.39, 0.29) is 36.7 Å². The Morgan fingerprint density at radius 3 is 2.62 bits per heavy atom. The van der Waals surface area contributed by atoms with Crippen LogP contribution in [0.3, 0.4) is 0 Å². The lowest BCUT2D eigenvalue weighted by Crippen LogP contribution is -2.26. The topological polar surface area (TPSA) is 84.9 Å². The van der Waals surface area contributed by atoms with Crippen LogP contribution in [0.25, 0.3) is 0 Å². The van der Waals surface area contributed by atoms with Gasteiger partial charge in [-0.2, -0.15) is 0 Å². The number of hydrogen-bond donors (Lipinski definition) is 2. The molecule has 154 valence electrons. The highest BCUT2D eigenvalue weighted by Crippen LogP contribution is 2.26. The summed E-state index contributed by atoms with van der Waals surface area (Å²) < 4.78 is 10.7. The minimum absolute atomic E-state index is 0.00159. The second kappa shape index (κ2) is 9.96. The van der Waals surface area contributed by atoms with Crippen LogP contribution in [0.2, 0.25) is 0 Å². The minimum Gasteiger partial charge on any atom is -0.504 e. The molecule has 0 radical (unpaired) electrons. The summed E-state index contributed by atoms with van der Waals surface area (Å²) in [6.07, 6.45) is 5.31. The second-order valence-corrected chi connectivity index (χ2v) is 7.27. The van der Waals surface area contributed by atoms with Crippen molar-refractivity contribution in [3.05, 3.63) is 59.2 Å². The van der Waals surface area contributed by atoms with E-state index in [1.807, 2.05) is 6.07 Å². The Balaban J connectivity index is 1.61. The molecule has 2 aromatic rings. The molecule has 1 saturated carbocycles. The summed E-state index contributed by atoms with van der Waals surface area (Å²) in [6.45, 7) is 0.274. The van der Waals surface area contributed by atoms with Crippen LogP contribution in [0, 0.1) is 0 Å². The molecule has 0 atom stereocenters. The summed E-state index contributed by atoms with van der Waals surface area (Å²) in [7, 11) is 1.47. The first-order chi connectivity index (χ1) is 14.1. The normalized spacial score (nSPS) is 14.2. The SMILES string of the molecule is COc1cc(CNC(=O)c2ccccc2CC(=O)OC2CCCCC2)ccc1O. The molecule has 2 N–H and O–H groups in total. The van der Waals surface area contributed by atoms with Crippen molar-refractivity contribution in [2.45, 2.75) is 51.2 Å². The van der Waals surface area contributed by atoms with E-state index in [1.54, 1.807) is 30.3 Å². The zero-order valence-electron chi connectivity index (χ0n) is 16.6. The first-order valence-electron chi connectivity index (χ1n) is 9.98. The van der Waals surface area contributed by atoms with Crippen LogP contribution in [0.1, 0.15) is 53.6 Å². The number of esters is 1. The second-order valence-electron chi connectivity index (χ2n) is 7.27. The van der Waals surface area contributed by atoms with E-state index in [0.717, 1.165) is 31.2 Å². The van der Waals surface area contributed by atoms with E-state index in [2.05, 4.69) is 5.32 Å². The average molecular weight is 397 g/mol. The van der Waals surface area contributed by atoms with Crippen molar-refractivity contribution in [2.75, 3.05) is 7.11 Å². The Labute approximate surface area is 170 Å². The zero-order chi connectivity index (χ0) is 20.6. The van der Waals surface area contributed by atoms with Gasteiger partial charge in [0, 0.05) is 12.1 Å². The van der Waals surface area contributed by atoms with Crippen molar-refractivity contribution in [2.24, 2.45) is 0 Å². The van der Waals surface area contributed by atoms with Crippen LogP contribution in [-0.2, 0) is 22.5 Å². The molecule has 6 heteroatoms. The van der Waals surface area contributed by atoms with E-state index < -0.39 is 0 Å². The number of carbonyl (C=O) groups is 2. The molecule has 3 rings (SSSR count). The van der Waals surface area contributed by atoms with E-state index in [1.165, 1.54) is 19.6 Å². The number of nitrogens with one attached hydrogen (secondary N) is 1. The van der Waals surface area contributed by atoms with Gasteiger partial charge in [-0.25, -0.2) is 0 Å². The molecule has 1 aliphatic carbocycles. The molecule has 0 bridgehead atoms. The van der Waals surface area contributed by atoms with E-state index in [4.69, 9.17) is 9.47 Å². The third kappa shape index (κ3) is 5.73. The van der Waals surface area contributed by atoms with E-state index >= 15 is 0 Å². The van der Waals surface area contributed by atoms with Gasteiger partial charge in [0.25, 0.3) is 5.91 Å². The lowest BCUT2D eigenvalue weighted by atomic mass is 9.97. The molecule has 2 aromatic carbocycles. The summed E-state index contributed by atoms with van der Waals surface area (Å²) in [4.78, 5) is 25.0. The maximum absolute atomic E-state index is 12.7. The van der Waals surface area contributed by atoms with Gasteiger partial charge < -0.3 is 19.9 Å². The lowest BCUT2D eigenvalue weighted by Gasteiger charge is -2.22. The molecular formula is C23H27NO5. The molecule has 6 nitrogen and oxygen atoms in total. The van der Waals surface area contributed by atoms with Gasteiger partial charge in [0.05, 0.1) is 13.5 Å². The number of phenolic OH excluding ortho intramolecular Hbond substituents is 1. The lowest BCUT2D eigenvalue weighted by molar-refractivity contribution is -0.149. The number of methoxy groups -OCH3 is 1. The van der Waals surface area contributed by atoms with Gasteiger partial charge in [0.15, 0.2) is 11.5 Å². The smallest absolute Gasteiger partial charge is 0.310 e. The number of phenols is 1.